The van der Waals surface area contributed by atoms with Crippen molar-refractivity contribution in [2.75, 3.05) is 18.4 Å². The first-order valence-corrected chi connectivity index (χ1v) is 11.8. The molecule has 158 valence electrons. The number of piperidine rings is 1. The maximum atomic E-state index is 12.8. The van der Waals surface area contributed by atoms with Gasteiger partial charge >= 0.3 is 5.97 Å². The van der Waals surface area contributed by atoms with E-state index in [1.807, 2.05) is 0 Å². The molecule has 1 amide bonds. The van der Waals surface area contributed by atoms with E-state index >= 15 is 0 Å². The molecule has 0 spiro atoms. The number of hydrogen-bond donors (Lipinski definition) is 2. The second-order valence-corrected chi connectivity index (χ2v) is 10.8. The van der Waals surface area contributed by atoms with E-state index in [0.717, 1.165) is 32.1 Å². The fourth-order valence-electron chi connectivity index (χ4n) is 5.33. The molecule has 1 aromatic carbocycles. The van der Waals surface area contributed by atoms with Gasteiger partial charge in [-0.3, -0.25) is 9.59 Å². The van der Waals surface area contributed by atoms with Gasteiger partial charge in [0.2, 0.25) is 15.9 Å². The van der Waals surface area contributed by atoms with Gasteiger partial charge < -0.3 is 10.4 Å². The molecule has 29 heavy (non-hydrogen) atoms. The van der Waals surface area contributed by atoms with E-state index in [-0.39, 0.29) is 22.6 Å². The highest BCUT2D eigenvalue weighted by Gasteiger charge is 2.54. The maximum absolute atomic E-state index is 12.8. The van der Waals surface area contributed by atoms with Crippen LogP contribution in [0.25, 0.3) is 0 Å². The van der Waals surface area contributed by atoms with Crippen LogP contribution in [-0.2, 0) is 19.6 Å². The number of sulfonamides is 1. The predicted molar refractivity (Wildman–Crippen MR) is 108 cm³/mol. The van der Waals surface area contributed by atoms with E-state index in [4.69, 9.17) is 0 Å². The lowest BCUT2D eigenvalue weighted by molar-refractivity contribution is -0.148. The molecule has 2 bridgehead atoms. The van der Waals surface area contributed by atoms with Gasteiger partial charge in [0.15, 0.2) is 0 Å². The molecule has 2 aliphatic carbocycles. The van der Waals surface area contributed by atoms with Crippen LogP contribution in [0, 0.1) is 29.6 Å². The zero-order valence-electron chi connectivity index (χ0n) is 16.6. The number of hydrogen-bond acceptors (Lipinski definition) is 4. The third kappa shape index (κ3) is 3.80. The Morgan fingerprint density at radius 3 is 2.17 bits per heavy atom. The SMILES string of the molecule is CC1CCN(S(=O)(=O)c2ccc(NC(=O)C3C4CCC(C4)C3C(=O)O)cc2)CC1. The molecular weight excluding hydrogens is 392 g/mol. The van der Waals surface area contributed by atoms with Crippen molar-refractivity contribution < 1.29 is 23.1 Å². The Hall–Kier alpha value is -1.93. The normalized spacial score (nSPS) is 30.4. The largest absolute Gasteiger partial charge is 0.481 e. The fraction of sp³-hybridized carbons (Fsp3) is 0.619. The van der Waals surface area contributed by atoms with Gasteiger partial charge in [0.1, 0.15) is 0 Å². The van der Waals surface area contributed by atoms with Gasteiger partial charge in [-0.05, 0) is 74.1 Å². The van der Waals surface area contributed by atoms with E-state index in [1.165, 1.54) is 16.4 Å². The lowest BCUT2D eigenvalue weighted by Crippen LogP contribution is -2.38. The Morgan fingerprint density at radius 2 is 1.59 bits per heavy atom. The number of anilines is 1. The van der Waals surface area contributed by atoms with Gasteiger partial charge in [-0.15, -0.1) is 0 Å². The van der Waals surface area contributed by atoms with Crippen LogP contribution < -0.4 is 5.32 Å². The summed E-state index contributed by atoms with van der Waals surface area (Å²) in [7, 11) is -3.53. The van der Waals surface area contributed by atoms with Crippen molar-refractivity contribution >= 4 is 27.6 Å². The number of benzene rings is 1. The maximum Gasteiger partial charge on any atom is 0.307 e. The minimum Gasteiger partial charge on any atom is -0.481 e. The summed E-state index contributed by atoms with van der Waals surface area (Å²) in [5.74, 6) is -1.53. The number of carboxylic acids is 1. The molecule has 2 N–H and O–H groups in total. The molecule has 4 atom stereocenters. The van der Waals surface area contributed by atoms with Crippen LogP contribution in [0.3, 0.4) is 0 Å². The zero-order chi connectivity index (χ0) is 20.8. The number of rotatable bonds is 5. The quantitative estimate of drug-likeness (QED) is 0.762. The first-order valence-electron chi connectivity index (χ1n) is 10.4. The van der Waals surface area contributed by atoms with Crippen molar-refractivity contribution in [1.82, 2.24) is 4.31 Å². The molecule has 4 unspecified atom stereocenters. The number of carboxylic acid groups (broad SMARTS) is 1. The highest BCUT2D eigenvalue weighted by Crippen LogP contribution is 2.52. The zero-order valence-corrected chi connectivity index (χ0v) is 17.4. The molecule has 1 saturated heterocycles. The first-order chi connectivity index (χ1) is 13.8. The highest BCUT2D eigenvalue weighted by molar-refractivity contribution is 7.89. The van der Waals surface area contributed by atoms with Crippen molar-refractivity contribution in [2.45, 2.75) is 43.9 Å². The molecule has 4 rings (SSSR count). The summed E-state index contributed by atoms with van der Waals surface area (Å²) in [4.78, 5) is 24.6. The minimum absolute atomic E-state index is 0.0908. The third-order valence-corrected chi connectivity index (χ3v) is 8.92. The average molecular weight is 421 g/mol. The lowest BCUT2D eigenvalue weighted by atomic mass is 9.78. The monoisotopic (exact) mass is 420 g/mol. The second-order valence-electron chi connectivity index (χ2n) is 8.82. The summed E-state index contributed by atoms with van der Waals surface area (Å²) in [5, 5.41) is 12.3. The summed E-state index contributed by atoms with van der Waals surface area (Å²) < 4.78 is 27.2. The molecule has 8 heteroatoms. The molecule has 3 fully saturated rings. The molecule has 0 aromatic heterocycles. The summed E-state index contributed by atoms with van der Waals surface area (Å²) in [6.07, 6.45) is 4.31. The van der Waals surface area contributed by atoms with E-state index in [1.54, 1.807) is 12.1 Å². The van der Waals surface area contributed by atoms with Crippen LogP contribution in [-0.4, -0.2) is 42.8 Å². The smallest absolute Gasteiger partial charge is 0.307 e. The molecule has 2 saturated carbocycles. The third-order valence-electron chi connectivity index (χ3n) is 7.01. The van der Waals surface area contributed by atoms with Crippen molar-refractivity contribution in [3.63, 3.8) is 0 Å². The van der Waals surface area contributed by atoms with Crippen molar-refractivity contribution in [2.24, 2.45) is 29.6 Å². The first kappa shape index (κ1) is 20.3. The molecular formula is C21H28N2O5S. The summed E-state index contributed by atoms with van der Waals surface area (Å²) in [6.45, 7) is 3.19. The van der Waals surface area contributed by atoms with Crippen molar-refractivity contribution in [3.8, 4) is 0 Å². The average Bonchev–Trinajstić information content (AvgIpc) is 3.30. The van der Waals surface area contributed by atoms with Gasteiger partial charge in [-0.2, -0.15) is 4.31 Å². The molecule has 1 heterocycles. The van der Waals surface area contributed by atoms with Crippen molar-refractivity contribution in [3.05, 3.63) is 24.3 Å². The van der Waals surface area contributed by atoms with E-state index in [0.29, 0.717) is 24.7 Å². The van der Waals surface area contributed by atoms with Crippen LogP contribution in [0.2, 0.25) is 0 Å². The second kappa shape index (κ2) is 7.72. The van der Waals surface area contributed by atoms with Gasteiger partial charge in [0.25, 0.3) is 0 Å². The van der Waals surface area contributed by atoms with Crippen molar-refractivity contribution in [1.29, 1.82) is 0 Å². The van der Waals surface area contributed by atoms with Crippen LogP contribution in [0.5, 0.6) is 0 Å². The Kier molecular flexibility index (Phi) is 5.42. The molecule has 3 aliphatic rings. The fourth-order valence-corrected chi connectivity index (χ4v) is 6.80. The number of nitrogens with zero attached hydrogens (tertiary/aromatic N) is 1. The number of carbonyl (C=O) groups is 2. The number of carbonyl (C=O) groups excluding carboxylic acids is 1. The topological polar surface area (TPSA) is 104 Å². The van der Waals surface area contributed by atoms with Crippen LogP contribution in [0.1, 0.15) is 39.0 Å². The lowest BCUT2D eigenvalue weighted by Gasteiger charge is -2.29. The van der Waals surface area contributed by atoms with Crippen LogP contribution >= 0.6 is 0 Å². The van der Waals surface area contributed by atoms with Gasteiger partial charge in [0, 0.05) is 18.8 Å². The van der Waals surface area contributed by atoms with E-state index < -0.39 is 27.8 Å². The molecule has 7 nitrogen and oxygen atoms in total. The Morgan fingerprint density at radius 1 is 1.00 bits per heavy atom. The summed E-state index contributed by atoms with van der Waals surface area (Å²) >= 11 is 0. The van der Waals surface area contributed by atoms with Gasteiger partial charge in [0.05, 0.1) is 16.7 Å². The number of amides is 1. The molecule has 0 radical (unpaired) electrons. The predicted octanol–water partition coefficient (Wildman–Crippen LogP) is 2.79. The van der Waals surface area contributed by atoms with Gasteiger partial charge in [-0.1, -0.05) is 6.92 Å². The standard InChI is InChI=1S/C21H28N2O5S/c1-13-8-10-23(11-9-13)29(27,28)17-6-4-16(5-7-17)22-20(24)18-14-2-3-15(12-14)19(18)21(25)26/h4-7,13-15,18-19H,2-3,8-12H2,1H3,(H,22,24)(H,25,26). The Labute approximate surface area is 171 Å². The minimum atomic E-state index is -3.53. The number of aliphatic carboxylic acids is 1. The number of fused-ring (bicyclic) bond motifs is 2. The summed E-state index contributed by atoms with van der Waals surface area (Å²) in [5.41, 5.74) is 0.494. The number of nitrogens with one attached hydrogen (secondary N) is 1. The van der Waals surface area contributed by atoms with Crippen LogP contribution in [0.15, 0.2) is 29.2 Å². The van der Waals surface area contributed by atoms with E-state index in [9.17, 15) is 23.1 Å². The Balaban J connectivity index is 1.44. The van der Waals surface area contributed by atoms with Gasteiger partial charge in [-0.25, -0.2) is 8.42 Å². The van der Waals surface area contributed by atoms with Crippen LogP contribution in [0.4, 0.5) is 5.69 Å². The molecule has 1 aliphatic heterocycles. The van der Waals surface area contributed by atoms with E-state index in [2.05, 4.69) is 12.2 Å². The highest BCUT2D eigenvalue weighted by atomic mass is 32.2. The Bertz CT molecular complexity index is 890. The summed E-state index contributed by atoms with van der Waals surface area (Å²) in [6, 6.07) is 6.19. The molecule has 1 aromatic rings.